The summed E-state index contributed by atoms with van der Waals surface area (Å²) in [6.07, 6.45) is 3.11. The lowest BCUT2D eigenvalue weighted by Crippen LogP contribution is -2.44. The minimum Gasteiger partial charge on any atom is -0.367 e. The third-order valence-electron chi connectivity index (χ3n) is 10.2. The molecule has 0 atom stereocenters. The quantitative estimate of drug-likeness (QED) is 0.0926. The summed E-state index contributed by atoms with van der Waals surface area (Å²) in [4.78, 5) is 25.6. The molecule has 0 unspecified atom stereocenters. The topological polar surface area (TPSA) is 136 Å². The average molecular weight is 866 g/mol. The van der Waals surface area contributed by atoms with Crippen molar-refractivity contribution in [3.05, 3.63) is 131 Å². The molecule has 8 rings (SSSR count). The molecule has 2 fully saturated rings. The van der Waals surface area contributed by atoms with Crippen LogP contribution in [0, 0.1) is 34.6 Å². The van der Waals surface area contributed by atoms with E-state index in [4.69, 9.17) is 16.9 Å². The van der Waals surface area contributed by atoms with E-state index in [2.05, 4.69) is 65.1 Å². The van der Waals surface area contributed by atoms with Gasteiger partial charge in [0, 0.05) is 93.1 Å². The molecular weight excluding hydrogens is 822 g/mol. The number of aromatic nitrogens is 4. The first-order valence-corrected chi connectivity index (χ1v) is 20.2. The second-order valence-electron chi connectivity index (χ2n) is 14.7. The molecular formula is C44H44ClF4N13. The normalized spacial score (nSPS) is 14.4. The van der Waals surface area contributed by atoms with Gasteiger partial charge in [-0.1, -0.05) is 11.6 Å². The Labute approximate surface area is 362 Å². The summed E-state index contributed by atoms with van der Waals surface area (Å²) in [5.41, 5.74) is 3.77. The predicted molar refractivity (Wildman–Crippen MR) is 237 cm³/mol. The predicted octanol–water partition coefficient (Wildman–Crippen LogP) is 8.71. The Morgan fingerprint density at radius 2 is 0.984 bits per heavy atom. The summed E-state index contributed by atoms with van der Waals surface area (Å²) in [5.74, 6) is 0.0563. The van der Waals surface area contributed by atoms with E-state index in [1.165, 1.54) is 30.3 Å². The number of hydrogen-bond acceptors (Lipinski definition) is 13. The van der Waals surface area contributed by atoms with Crippen LogP contribution in [0.25, 0.3) is 0 Å². The minimum absolute atomic E-state index is 0.0170. The molecule has 0 spiro atoms. The highest BCUT2D eigenvalue weighted by Crippen LogP contribution is 2.28. The van der Waals surface area contributed by atoms with E-state index in [0.29, 0.717) is 63.2 Å². The summed E-state index contributed by atoms with van der Waals surface area (Å²) in [7, 11) is 4.12. The molecule has 62 heavy (non-hydrogen) atoms. The van der Waals surface area contributed by atoms with Crippen molar-refractivity contribution in [2.75, 3.05) is 97.5 Å². The molecule has 2 aliphatic rings. The maximum atomic E-state index is 14.7. The first-order valence-electron chi connectivity index (χ1n) is 19.8. The van der Waals surface area contributed by atoms with Crippen molar-refractivity contribution in [2.24, 2.45) is 0 Å². The van der Waals surface area contributed by atoms with E-state index in [1.807, 2.05) is 15.9 Å². The molecule has 6 aromatic rings. The van der Waals surface area contributed by atoms with E-state index >= 15 is 0 Å². The third-order valence-corrected chi connectivity index (χ3v) is 10.5. The smallest absolute Gasteiger partial charge is 0.229 e. The number of nitrogens with zero attached hydrogens (tertiary/aromatic N) is 9. The highest BCUT2D eigenvalue weighted by Gasteiger charge is 2.19. The number of piperazine rings is 2. The van der Waals surface area contributed by atoms with Crippen molar-refractivity contribution >= 4 is 69.3 Å². The van der Waals surface area contributed by atoms with Gasteiger partial charge >= 0.3 is 0 Å². The van der Waals surface area contributed by atoms with Crippen LogP contribution in [-0.4, -0.2) is 96.2 Å². The van der Waals surface area contributed by atoms with Gasteiger partial charge in [0.2, 0.25) is 11.9 Å². The summed E-state index contributed by atoms with van der Waals surface area (Å²) in [5, 5.41) is 21.0. The number of likely N-dealkylation sites (N-methyl/N-ethyl adjacent to an activating group) is 2. The van der Waals surface area contributed by atoms with Gasteiger partial charge in [-0.05, 0) is 99.0 Å². The van der Waals surface area contributed by atoms with Gasteiger partial charge in [0.05, 0.1) is 28.9 Å². The van der Waals surface area contributed by atoms with Crippen LogP contribution >= 0.6 is 11.6 Å². The average Bonchev–Trinajstić information content (AvgIpc) is 3.25. The molecule has 2 saturated heterocycles. The molecule has 2 aliphatic heterocycles. The fraction of sp³-hybridized carbons (Fsp3) is 0.250. The number of nitrogens with one attached hydrogen (secondary N) is 4. The lowest BCUT2D eigenvalue weighted by atomic mass is 10.1. The van der Waals surface area contributed by atoms with Crippen LogP contribution in [0.3, 0.4) is 0 Å². The molecule has 4 aromatic carbocycles. The summed E-state index contributed by atoms with van der Waals surface area (Å²) >= 11 is 5.81. The zero-order valence-electron chi connectivity index (χ0n) is 34.0. The fourth-order valence-corrected chi connectivity index (χ4v) is 6.94. The molecule has 13 nitrogen and oxygen atoms in total. The zero-order chi connectivity index (χ0) is 43.6. The van der Waals surface area contributed by atoms with E-state index < -0.39 is 11.6 Å². The van der Waals surface area contributed by atoms with Gasteiger partial charge in [-0.3, -0.25) is 0 Å². The van der Waals surface area contributed by atoms with Crippen molar-refractivity contribution in [1.82, 2.24) is 29.7 Å². The Bertz CT molecular complexity index is 2520. The molecule has 0 bridgehead atoms. The van der Waals surface area contributed by atoms with Gasteiger partial charge in [-0.25, -0.2) is 27.5 Å². The number of anilines is 10. The van der Waals surface area contributed by atoms with Crippen molar-refractivity contribution in [3.63, 3.8) is 0 Å². The van der Waals surface area contributed by atoms with Crippen LogP contribution in [0.1, 0.15) is 5.56 Å². The number of nitriles is 1. The van der Waals surface area contributed by atoms with E-state index in [0.717, 1.165) is 52.4 Å². The first kappa shape index (κ1) is 43.4. The Balaban J connectivity index is 0.000000187. The van der Waals surface area contributed by atoms with E-state index in [-0.39, 0.29) is 23.1 Å². The molecule has 4 N–H and O–H groups in total. The number of rotatable bonds is 11. The standard InChI is InChI=1S/C23H23F2N7.C21H21ClF2N6/c1-31-10-12-32(13-11-31)21-5-3-18(15-20(21)25)29-23-27-9-7-22(30-23)28-17-2-4-19(24)16(14-17)6-8-26;1-29-8-10-30(11-9-29)19-5-3-15(13-18(19)24)27-21-25-7-6-20(28-21)26-14-2-4-17(23)16(22)12-14/h2-5,7,9,14-15H,6,10-13H2,1H3,(H2,27,28,29,30);2-7,12-13H,8-11H2,1H3,(H2,25,26,27,28). The summed E-state index contributed by atoms with van der Waals surface area (Å²) in [6.45, 7) is 6.79. The van der Waals surface area contributed by atoms with Gasteiger partial charge in [0.25, 0.3) is 0 Å². The SMILES string of the molecule is CN1CCN(c2ccc(Nc3nccc(Nc4ccc(F)c(CC#N)c4)n3)cc2F)CC1.CN1CCN(c2ccc(Nc3nccc(Nc4ccc(F)c(Cl)c4)n3)cc2F)CC1. The molecule has 18 heteroatoms. The number of hydrogen-bond donors (Lipinski definition) is 4. The van der Waals surface area contributed by atoms with Crippen molar-refractivity contribution in [3.8, 4) is 6.07 Å². The maximum absolute atomic E-state index is 14.7. The molecule has 0 saturated carbocycles. The lowest BCUT2D eigenvalue weighted by molar-refractivity contribution is 0.311. The fourth-order valence-electron chi connectivity index (χ4n) is 6.75. The van der Waals surface area contributed by atoms with Crippen LogP contribution in [0.5, 0.6) is 0 Å². The molecule has 320 valence electrons. The van der Waals surface area contributed by atoms with E-state index in [9.17, 15) is 17.6 Å². The van der Waals surface area contributed by atoms with Gasteiger partial charge in [0.15, 0.2) is 0 Å². The monoisotopic (exact) mass is 865 g/mol. The zero-order valence-corrected chi connectivity index (χ0v) is 34.8. The van der Waals surface area contributed by atoms with Crippen molar-refractivity contribution in [2.45, 2.75) is 6.42 Å². The van der Waals surface area contributed by atoms with Crippen LogP contribution in [0.4, 0.5) is 75.2 Å². The molecule has 0 amide bonds. The lowest BCUT2D eigenvalue weighted by Gasteiger charge is -2.34. The van der Waals surface area contributed by atoms with Gasteiger partial charge in [0.1, 0.15) is 34.9 Å². The van der Waals surface area contributed by atoms with Gasteiger partial charge in [-0.15, -0.1) is 0 Å². The highest BCUT2D eigenvalue weighted by atomic mass is 35.5. The molecule has 0 aliphatic carbocycles. The second kappa shape index (κ2) is 20.2. The minimum atomic E-state index is -0.491. The maximum Gasteiger partial charge on any atom is 0.229 e. The highest BCUT2D eigenvalue weighted by molar-refractivity contribution is 6.31. The molecule has 0 radical (unpaired) electrons. The van der Waals surface area contributed by atoms with Crippen LogP contribution < -0.4 is 31.1 Å². The summed E-state index contributed by atoms with van der Waals surface area (Å²) < 4.78 is 56.5. The largest absolute Gasteiger partial charge is 0.367 e. The Morgan fingerprint density at radius 3 is 1.44 bits per heavy atom. The van der Waals surface area contributed by atoms with Crippen LogP contribution in [-0.2, 0) is 6.42 Å². The second-order valence-corrected chi connectivity index (χ2v) is 15.1. The van der Waals surface area contributed by atoms with Crippen molar-refractivity contribution in [1.29, 1.82) is 5.26 Å². The van der Waals surface area contributed by atoms with Gasteiger partial charge < -0.3 is 40.9 Å². The van der Waals surface area contributed by atoms with Gasteiger partial charge in [-0.2, -0.15) is 15.2 Å². The third kappa shape index (κ3) is 11.5. The van der Waals surface area contributed by atoms with Crippen molar-refractivity contribution < 1.29 is 17.6 Å². The summed E-state index contributed by atoms with van der Waals surface area (Å²) in [6, 6.07) is 24.0. The number of benzene rings is 4. The molecule has 4 heterocycles. The Morgan fingerprint density at radius 1 is 0.548 bits per heavy atom. The van der Waals surface area contributed by atoms with Crippen LogP contribution in [0.2, 0.25) is 5.02 Å². The first-order chi connectivity index (χ1) is 30.0. The Kier molecular flexibility index (Phi) is 14.1. The van der Waals surface area contributed by atoms with Crippen LogP contribution in [0.15, 0.2) is 97.3 Å². The Hall–Kier alpha value is -6.74. The number of halogens is 5. The van der Waals surface area contributed by atoms with E-state index in [1.54, 1.807) is 67.0 Å². The molecule has 2 aromatic heterocycles.